The standard InChI is InChI=1S/C14H18N2O/c1-9(15)14(7-8-14)11-3-2-4-12-10(11)5-6-13(17)16-12/h2-4,9H,5-8,15H2,1H3,(H,16,17). The second-order valence-corrected chi connectivity index (χ2v) is 5.32. The van der Waals surface area contributed by atoms with E-state index in [1.54, 1.807) is 0 Å². The summed E-state index contributed by atoms with van der Waals surface area (Å²) in [6.45, 7) is 2.09. The highest BCUT2D eigenvalue weighted by atomic mass is 16.1. The third-order valence-corrected chi connectivity index (χ3v) is 4.25. The van der Waals surface area contributed by atoms with Crippen LogP contribution >= 0.6 is 0 Å². The van der Waals surface area contributed by atoms with Crippen molar-refractivity contribution in [2.24, 2.45) is 5.73 Å². The summed E-state index contributed by atoms with van der Waals surface area (Å²) in [7, 11) is 0. The van der Waals surface area contributed by atoms with Crippen molar-refractivity contribution >= 4 is 11.6 Å². The number of hydrogen-bond donors (Lipinski definition) is 2. The molecular weight excluding hydrogens is 212 g/mol. The van der Waals surface area contributed by atoms with Gasteiger partial charge in [-0.25, -0.2) is 0 Å². The third kappa shape index (κ3) is 1.57. The van der Waals surface area contributed by atoms with Crippen molar-refractivity contribution in [3.05, 3.63) is 29.3 Å². The Hall–Kier alpha value is -1.35. The number of nitrogens with one attached hydrogen (secondary N) is 1. The van der Waals surface area contributed by atoms with Gasteiger partial charge in [0.15, 0.2) is 0 Å². The number of anilines is 1. The van der Waals surface area contributed by atoms with Crippen LogP contribution in [-0.4, -0.2) is 11.9 Å². The molecule has 17 heavy (non-hydrogen) atoms. The maximum Gasteiger partial charge on any atom is 0.224 e. The van der Waals surface area contributed by atoms with Crippen LogP contribution in [0.4, 0.5) is 5.69 Å². The van der Waals surface area contributed by atoms with E-state index in [1.807, 2.05) is 12.1 Å². The molecule has 0 bridgehead atoms. The first kappa shape index (κ1) is 10.8. The van der Waals surface area contributed by atoms with Gasteiger partial charge in [0.05, 0.1) is 0 Å². The molecule has 0 spiro atoms. The zero-order valence-electron chi connectivity index (χ0n) is 10.1. The fourth-order valence-electron chi connectivity index (χ4n) is 3.00. The van der Waals surface area contributed by atoms with Gasteiger partial charge in [0, 0.05) is 23.6 Å². The predicted octanol–water partition coefficient (Wildman–Crippen LogP) is 1.95. The zero-order valence-corrected chi connectivity index (χ0v) is 10.1. The van der Waals surface area contributed by atoms with Crippen LogP contribution in [-0.2, 0) is 16.6 Å². The highest BCUT2D eigenvalue weighted by Gasteiger charge is 2.48. The molecule has 0 aromatic heterocycles. The number of fused-ring (bicyclic) bond motifs is 1. The van der Waals surface area contributed by atoms with Gasteiger partial charge in [-0.3, -0.25) is 4.79 Å². The van der Waals surface area contributed by atoms with E-state index < -0.39 is 0 Å². The Morgan fingerprint density at radius 3 is 2.76 bits per heavy atom. The molecule has 1 amide bonds. The Labute approximate surface area is 101 Å². The lowest BCUT2D eigenvalue weighted by atomic mass is 9.83. The summed E-state index contributed by atoms with van der Waals surface area (Å²) in [6, 6.07) is 6.40. The maximum absolute atomic E-state index is 11.4. The summed E-state index contributed by atoms with van der Waals surface area (Å²) in [5, 5.41) is 2.96. The SMILES string of the molecule is CC(N)C1(c2cccc3c2CCC(=O)N3)CC1. The quantitative estimate of drug-likeness (QED) is 0.816. The number of carbonyl (C=O) groups excluding carboxylic acids is 1. The van der Waals surface area contributed by atoms with E-state index in [-0.39, 0.29) is 17.4 Å². The number of benzene rings is 1. The Morgan fingerprint density at radius 1 is 1.35 bits per heavy atom. The number of nitrogens with two attached hydrogens (primary N) is 1. The van der Waals surface area contributed by atoms with Gasteiger partial charge in [-0.2, -0.15) is 0 Å². The first-order valence-corrected chi connectivity index (χ1v) is 6.31. The molecule has 1 heterocycles. The third-order valence-electron chi connectivity index (χ3n) is 4.25. The minimum atomic E-state index is 0.125. The van der Waals surface area contributed by atoms with Gasteiger partial charge in [0.2, 0.25) is 5.91 Å². The van der Waals surface area contributed by atoms with Crippen LogP contribution in [0, 0.1) is 0 Å². The van der Waals surface area contributed by atoms with E-state index in [1.165, 1.54) is 24.0 Å². The van der Waals surface area contributed by atoms with Crippen molar-refractivity contribution in [3.63, 3.8) is 0 Å². The molecule has 0 radical (unpaired) electrons. The Morgan fingerprint density at radius 2 is 2.12 bits per heavy atom. The summed E-state index contributed by atoms with van der Waals surface area (Å²) in [6.07, 6.45) is 3.80. The van der Waals surface area contributed by atoms with Crippen molar-refractivity contribution in [2.45, 2.75) is 44.1 Å². The summed E-state index contributed by atoms with van der Waals surface area (Å²) >= 11 is 0. The number of amides is 1. The normalized spacial score (nSPS) is 22.6. The number of carbonyl (C=O) groups is 1. The van der Waals surface area contributed by atoms with Crippen LogP contribution in [0.5, 0.6) is 0 Å². The van der Waals surface area contributed by atoms with Gasteiger partial charge in [-0.1, -0.05) is 12.1 Å². The van der Waals surface area contributed by atoms with Gasteiger partial charge >= 0.3 is 0 Å². The average Bonchev–Trinajstić information content (AvgIpc) is 3.09. The first-order chi connectivity index (χ1) is 8.13. The Bertz CT molecular complexity index is 475. The summed E-state index contributed by atoms with van der Waals surface area (Å²) < 4.78 is 0. The molecule has 1 aliphatic carbocycles. The molecule has 1 aliphatic heterocycles. The summed E-state index contributed by atoms with van der Waals surface area (Å²) in [5.74, 6) is 0.125. The second-order valence-electron chi connectivity index (χ2n) is 5.32. The molecule has 1 saturated carbocycles. The molecule has 3 N–H and O–H groups in total. The predicted molar refractivity (Wildman–Crippen MR) is 68.0 cm³/mol. The Balaban J connectivity index is 2.07. The minimum Gasteiger partial charge on any atom is -0.327 e. The van der Waals surface area contributed by atoms with Gasteiger partial charge in [-0.15, -0.1) is 0 Å². The van der Waals surface area contributed by atoms with E-state index in [0.717, 1.165) is 12.1 Å². The Kier molecular flexibility index (Phi) is 2.26. The monoisotopic (exact) mass is 230 g/mol. The molecule has 3 rings (SSSR count). The van der Waals surface area contributed by atoms with Crippen molar-refractivity contribution in [1.29, 1.82) is 0 Å². The van der Waals surface area contributed by atoms with Gasteiger partial charge in [0.25, 0.3) is 0 Å². The molecule has 3 nitrogen and oxygen atoms in total. The van der Waals surface area contributed by atoms with Gasteiger partial charge < -0.3 is 11.1 Å². The summed E-state index contributed by atoms with van der Waals surface area (Å²) in [5.41, 5.74) is 9.98. The molecule has 1 aromatic rings. The van der Waals surface area contributed by atoms with Gasteiger partial charge in [-0.05, 0) is 43.4 Å². The average molecular weight is 230 g/mol. The van der Waals surface area contributed by atoms with Crippen LogP contribution in [0.3, 0.4) is 0 Å². The molecule has 1 atom stereocenters. The van der Waals surface area contributed by atoms with Crippen LogP contribution in [0.1, 0.15) is 37.3 Å². The molecular formula is C14H18N2O. The molecule has 1 unspecified atom stereocenters. The van der Waals surface area contributed by atoms with E-state index in [2.05, 4.69) is 18.3 Å². The highest BCUT2D eigenvalue weighted by molar-refractivity contribution is 5.94. The van der Waals surface area contributed by atoms with Crippen LogP contribution in [0.2, 0.25) is 0 Å². The van der Waals surface area contributed by atoms with Crippen LogP contribution < -0.4 is 11.1 Å². The van der Waals surface area contributed by atoms with Crippen molar-refractivity contribution in [3.8, 4) is 0 Å². The molecule has 90 valence electrons. The second kappa shape index (κ2) is 3.57. The first-order valence-electron chi connectivity index (χ1n) is 6.31. The van der Waals surface area contributed by atoms with Crippen LogP contribution in [0.25, 0.3) is 0 Å². The van der Waals surface area contributed by atoms with Gasteiger partial charge in [0.1, 0.15) is 0 Å². The molecule has 3 heteroatoms. The van der Waals surface area contributed by atoms with E-state index in [9.17, 15) is 4.79 Å². The zero-order chi connectivity index (χ0) is 12.0. The number of rotatable bonds is 2. The molecule has 2 aliphatic rings. The van der Waals surface area contributed by atoms with Crippen LogP contribution in [0.15, 0.2) is 18.2 Å². The minimum absolute atomic E-state index is 0.125. The number of hydrogen-bond acceptors (Lipinski definition) is 2. The molecule has 1 fully saturated rings. The van der Waals surface area contributed by atoms with E-state index in [4.69, 9.17) is 5.73 Å². The summed E-state index contributed by atoms with van der Waals surface area (Å²) in [4.78, 5) is 11.4. The topological polar surface area (TPSA) is 55.1 Å². The smallest absolute Gasteiger partial charge is 0.224 e. The fourth-order valence-corrected chi connectivity index (χ4v) is 3.00. The fraction of sp³-hybridized carbons (Fsp3) is 0.500. The van der Waals surface area contributed by atoms with Crippen molar-refractivity contribution < 1.29 is 4.79 Å². The molecule has 1 aromatic carbocycles. The van der Waals surface area contributed by atoms with E-state index >= 15 is 0 Å². The largest absolute Gasteiger partial charge is 0.327 e. The molecule has 0 saturated heterocycles. The van der Waals surface area contributed by atoms with E-state index in [0.29, 0.717) is 6.42 Å². The lowest BCUT2D eigenvalue weighted by Gasteiger charge is -2.27. The highest BCUT2D eigenvalue weighted by Crippen LogP contribution is 2.52. The maximum atomic E-state index is 11.4. The lowest BCUT2D eigenvalue weighted by Crippen LogP contribution is -2.33. The van der Waals surface area contributed by atoms with Crippen molar-refractivity contribution in [1.82, 2.24) is 0 Å². The van der Waals surface area contributed by atoms with Crippen molar-refractivity contribution in [2.75, 3.05) is 5.32 Å². The lowest BCUT2D eigenvalue weighted by molar-refractivity contribution is -0.116.